The number of rotatable bonds is 5. The van der Waals surface area contributed by atoms with Crippen LogP contribution in [0.5, 0.6) is 0 Å². The Morgan fingerprint density at radius 3 is 2.60 bits per heavy atom. The first-order chi connectivity index (χ1) is 9.74. The van der Waals surface area contributed by atoms with Crippen molar-refractivity contribution in [3.05, 3.63) is 58.0 Å². The third kappa shape index (κ3) is 3.91. The molecule has 3 nitrogen and oxygen atoms in total. The second-order valence-corrected chi connectivity index (χ2v) is 5.95. The maximum Gasteiger partial charge on any atom is 0.227 e. The lowest BCUT2D eigenvalue weighted by molar-refractivity contribution is -0.142. The van der Waals surface area contributed by atoms with Gasteiger partial charge in [0, 0.05) is 15.9 Å². The first-order valence-electron chi connectivity index (χ1n) is 6.12. The molecule has 2 rings (SSSR count). The highest BCUT2D eigenvalue weighted by Gasteiger charge is 2.22. The maximum atomic E-state index is 12.2. The number of carbonyl (C=O) groups excluding carboxylic acids is 1. The van der Waals surface area contributed by atoms with Gasteiger partial charge in [0.2, 0.25) is 12.1 Å². The van der Waals surface area contributed by atoms with Gasteiger partial charge in [-0.25, -0.2) is 0 Å². The number of ketones is 1. The van der Waals surface area contributed by atoms with Crippen molar-refractivity contribution in [3.8, 4) is 0 Å². The van der Waals surface area contributed by atoms with Gasteiger partial charge < -0.3 is 9.47 Å². The van der Waals surface area contributed by atoms with Crippen LogP contribution in [0, 0.1) is 0 Å². The van der Waals surface area contributed by atoms with E-state index in [9.17, 15) is 4.79 Å². The molecule has 0 aromatic heterocycles. The molecule has 0 bridgehead atoms. The predicted molar refractivity (Wildman–Crippen MR) is 84.4 cm³/mol. The Morgan fingerprint density at radius 1 is 1.25 bits per heavy atom. The zero-order chi connectivity index (χ0) is 14.4. The van der Waals surface area contributed by atoms with E-state index < -0.39 is 6.29 Å². The van der Waals surface area contributed by atoms with Crippen molar-refractivity contribution in [1.29, 1.82) is 0 Å². The van der Waals surface area contributed by atoms with Gasteiger partial charge in [-0.3, -0.25) is 4.79 Å². The predicted octanol–water partition coefficient (Wildman–Crippen LogP) is 3.75. The van der Waals surface area contributed by atoms with Gasteiger partial charge >= 0.3 is 0 Å². The molecule has 1 aromatic carbocycles. The molecular formula is C15H16O3S2. The summed E-state index contributed by atoms with van der Waals surface area (Å²) in [5.41, 5.74) is 0.907. The van der Waals surface area contributed by atoms with Crippen LogP contribution in [0.25, 0.3) is 0 Å². The molecule has 1 aliphatic rings. The van der Waals surface area contributed by atoms with Crippen LogP contribution in [0.15, 0.2) is 52.5 Å². The molecule has 0 saturated carbocycles. The first kappa shape index (κ1) is 15.2. The minimum atomic E-state index is -0.513. The summed E-state index contributed by atoms with van der Waals surface area (Å²) in [7, 11) is 0. The topological polar surface area (TPSA) is 35.5 Å². The number of hydrogen-bond acceptors (Lipinski definition) is 5. The van der Waals surface area contributed by atoms with Crippen LogP contribution >= 0.6 is 23.5 Å². The Morgan fingerprint density at radius 2 is 1.95 bits per heavy atom. The van der Waals surface area contributed by atoms with E-state index >= 15 is 0 Å². The third-order valence-corrected chi connectivity index (χ3v) is 4.76. The summed E-state index contributed by atoms with van der Waals surface area (Å²) in [6.07, 6.45) is 6.66. The van der Waals surface area contributed by atoms with Gasteiger partial charge in [0.15, 0.2) is 5.76 Å². The van der Waals surface area contributed by atoms with Gasteiger partial charge in [0.05, 0.1) is 6.61 Å². The molecule has 0 radical (unpaired) electrons. The minimum absolute atomic E-state index is 0.118. The zero-order valence-electron chi connectivity index (χ0n) is 11.4. The van der Waals surface area contributed by atoms with E-state index in [1.54, 1.807) is 35.7 Å². The Kier molecular flexibility index (Phi) is 5.76. The summed E-state index contributed by atoms with van der Waals surface area (Å²) in [5, 5.41) is 0. The Hall–Kier alpha value is -1.17. The summed E-state index contributed by atoms with van der Waals surface area (Å²) < 4.78 is 12.1. The van der Waals surface area contributed by atoms with Gasteiger partial charge in [0.25, 0.3) is 0 Å². The molecule has 0 aliphatic carbocycles. The summed E-state index contributed by atoms with van der Waals surface area (Å²) >= 11 is 3.10. The Labute approximate surface area is 127 Å². The Balaban J connectivity index is 2.09. The molecule has 106 valence electrons. The number of carbonyl (C=O) groups is 1. The molecule has 1 aliphatic heterocycles. The van der Waals surface area contributed by atoms with Crippen LogP contribution in [-0.4, -0.2) is 24.9 Å². The molecule has 0 saturated heterocycles. The fourth-order valence-electron chi connectivity index (χ4n) is 1.72. The molecule has 0 amide bonds. The monoisotopic (exact) mass is 308 g/mol. The molecule has 0 N–H and O–H groups in total. The van der Waals surface area contributed by atoms with Crippen molar-refractivity contribution in [2.75, 3.05) is 19.1 Å². The quantitative estimate of drug-likeness (QED) is 0.774. The van der Waals surface area contributed by atoms with Crippen molar-refractivity contribution in [3.63, 3.8) is 0 Å². The molecule has 20 heavy (non-hydrogen) atoms. The number of ether oxygens (including phenoxy) is 2. The lowest BCUT2D eigenvalue weighted by atomic mass is 10.2. The third-order valence-electron chi connectivity index (χ3n) is 2.72. The van der Waals surface area contributed by atoms with Crippen molar-refractivity contribution in [2.24, 2.45) is 0 Å². The summed E-state index contributed by atoms with van der Waals surface area (Å²) in [6, 6.07) is 9.61. The maximum absolute atomic E-state index is 12.2. The highest BCUT2D eigenvalue weighted by Crippen LogP contribution is 2.28. The normalized spacial score (nSPS) is 17.9. The van der Waals surface area contributed by atoms with Gasteiger partial charge in [0.1, 0.15) is 0 Å². The first-order valence-corrected chi connectivity index (χ1v) is 8.57. The van der Waals surface area contributed by atoms with Crippen LogP contribution < -0.4 is 0 Å². The smallest absolute Gasteiger partial charge is 0.227 e. The van der Waals surface area contributed by atoms with Gasteiger partial charge in [-0.05, 0) is 18.6 Å². The molecule has 0 fully saturated rings. The standard InChI is InChI=1S/C15H16O3S2/c1-19-14(20-2)10-12(16)13-8-9-17-15(18-13)11-6-4-3-5-7-11/h3-8,10,15H,9H2,1-2H3/t15-/m1/s1. The van der Waals surface area contributed by atoms with Crippen LogP contribution in [-0.2, 0) is 14.3 Å². The van der Waals surface area contributed by atoms with Gasteiger partial charge in [-0.1, -0.05) is 30.3 Å². The molecule has 1 aromatic rings. The number of benzene rings is 1. The van der Waals surface area contributed by atoms with E-state index in [1.165, 1.54) is 0 Å². The number of hydrogen-bond donors (Lipinski definition) is 0. The van der Waals surface area contributed by atoms with E-state index in [-0.39, 0.29) is 5.78 Å². The zero-order valence-corrected chi connectivity index (χ0v) is 13.0. The van der Waals surface area contributed by atoms with Crippen molar-refractivity contribution < 1.29 is 14.3 Å². The molecule has 1 atom stereocenters. The number of allylic oxidation sites excluding steroid dienone is 1. The van der Waals surface area contributed by atoms with E-state index in [1.807, 2.05) is 42.8 Å². The Bertz CT molecular complexity index is 517. The highest BCUT2D eigenvalue weighted by atomic mass is 32.2. The van der Waals surface area contributed by atoms with E-state index in [0.717, 1.165) is 9.80 Å². The second kappa shape index (κ2) is 7.57. The van der Waals surface area contributed by atoms with Crippen LogP contribution in [0.3, 0.4) is 0 Å². The van der Waals surface area contributed by atoms with Gasteiger partial charge in [-0.2, -0.15) is 0 Å². The summed E-state index contributed by atoms with van der Waals surface area (Å²) in [4.78, 5) is 12.2. The number of thioether (sulfide) groups is 2. The average molecular weight is 308 g/mol. The molecule has 0 unspecified atom stereocenters. The van der Waals surface area contributed by atoms with Gasteiger partial charge in [-0.15, -0.1) is 23.5 Å². The van der Waals surface area contributed by atoms with Crippen molar-refractivity contribution in [1.82, 2.24) is 0 Å². The lowest BCUT2D eigenvalue weighted by Crippen LogP contribution is -2.18. The largest absolute Gasteiger partial charge is 0.457 e. The fraction of sp³-hybridized carbons (Fsp3) is 0.267. The van der Waals surface area contributed by atoms with E-state index in [2.05, 4.69) is 0 Å². The van der Waals surface area contributed by atoms with E-state index in [4.69, 9.17) is 9.47 Å². The van der Waals surface area contributed by atoms with Crippen molar-refractivity contribution in [2.45, 2.75) is 6.29 Å². The molecule has 0 spiro atoms. The minimum Gasteiger partial charge on any atom is -0.457 e. The highest BCUT2D eigenvalue weighted by molar-refractivity contribution is 8.21. The van der Waals surface area contributed by atoms with Crippen LogP contribution in [0.4, 0.5) is 0 Å². The lowest BCUT2D eigenvalue weighted by Gasteiger charge is -2.24. The fourth-order valence-corrected chi connectivity index (χ4v) is 2.84. The SMILES string of the molecule is CSC(=CC(=O)C1=CCO[C@@H](c2ccccc2)O1)SC. The summed E-state index contributed by atoms with van der Waals surface area (Å²) in [6.45, 7) is 0.377. The van der Waals surface area contributed by atoms with E-state index in [0.29, 0.717) is 12.4 Å². The molecule has 1 heterocycles. The van der Waals surface area contributed by atoms with Crippen LogP contribution in [0.1, 0.15) is 11.9 Å². The molecule has 5 heteroatoms. The van der Waals surface area contributed by atoms with Crippen molar-refractivity contribution >= 4 is 29.3 Å². The van der Waals surface area contributed by atoms with Crippen LogP contribution in [0.2, 0.25) is 0 Å². The average Bonchev–Trinajstić information content (AvgIpc) is 2.53. The second-order valence-electron chi connectivity index (χ2n) is 4.00. The molecular weight excluding hydrogens is 292 g/mol. The summed E-state index contributed by atoms with van der Waals surface area (Å²) in [5.74, 6) is 0.235.